The van der Waals surface area contributed by atoms with Gasteiger partial charge in [0.25, 0.3) is 0 Å². The molecule has 1 aromatic heterocycles. The van der Waals surface area contributed by atoms with E-state index in [0.29, 0.717) is 12.5 Å². The van der Waals surface area contributed by atoms with Crippen molar-refractivity contribution in [3.63, 3.8) is 0 Å². The molecule has 0 bridgehead atoms. The number of esters is 2. The normalized spacial score (nSPS) is 10.9. The molecule has 1 rings (SSSR count). The maximum Gasteiger partial charge on any atom is 0.319 e. The number of nitrogens with zero attached hydrogens (tertiary/aromatic N) is 2. The number of ether oxygens (including phenoxy) is 2. The highest BCUT2D eigenvalue weighted by Gasteiger charge is 2.17. The van der Waals surface area contributed by atoms with Crippen LogP contribution >= 0.6 is 11.3 Å². The molecule has 0 amide bonds. The van der Waals surface area contributed by atoms with E-state index in [1.807, 2.05) is 5.38 Å². The Morgan fingerprint density at radius 1 is 1.25 bits per heavy atom. The lowest BCUT2D eigenvalue weighted by atomic mass is 10.2. The van der Waals surface area contributed by atoms with Gasteiger partial charge in [-0.15, -0.1) is 11.3 Å². The van der Waals surface area contributed by atoms with Crippen LogP contribution in [0.25, 0.3) is 0 Å². The smallest absolute Gasteiger partial charge is 0.319 e. The first kappa shape index (κ1) is 16.6. The molecule has 6 nitrogen and oxygen atoms in total. The van der Waals surface area contributed by atoms with Crippen LogP contribution in [0.1, 0.15) is 30.5 Å². The number of thiazole rings is 1. The van der Waals surface area contributed by atoms with Gasteiger partial charge in [0.15, 0.2) is 0 Å². The van der Waals surface area contributed by atoms with E-state index in [-0.39, 0.29) is 13.1 Å². The first-order chi connectivity index (χ1) is 9.46. The molecule has 0 aliphatic carbocycles. The molecule has 0 saturated heterocycles. The standard InChI is InChI=1S/C13H20N2O4S/c1-9(2)13-14-10(8-20-13)5-15(6-11(16)18-3)7-12(17)19-4/h8-9H,5-7H2,1-4H3. The Kier molecular flexibility index (Phi) is 6.60. The molecule has 112 valence electrons. The Bertz CT molecular complexity index is 441. The number of carbonyl (C=O) groups is 2. The first-order valence-corrected chi connectivity index (χ1v) is 7.14. The fourth-order valence-electron chi connectivity index (χ4n) is 1.55. The van der Waals surface area contributed by atoms with Gasteiger partial charge in [-0.05, 0) is 0 Å². The third-order valence-electron chi connectivity index (χ3n) is 2.61. The molecule has 0 N–H and O–H groups in total. The zero-order valence-corrected chi connectivity index (χ0v) is 13.0. The highest BCUT2D eigenvalue weighted by atomic mass is 32.1. The zero-order valence-electron chi connectivity index (χ0n) is 12.2. The predicted molar refractivity (Wildman–Crippen MR) is 75.5 cm³/mol. The van der Waals surface area contributed by atoms with Crippen molar-refractivity contribution in [2.24, 2.45) is 0 Å². The van der Waals surface area contributed by atoms with Gasteiger partial charge in [-0.3, -0.25) is 14.5 Å². The molecular formula is C13H20N2O4S. The number of aromatic nitrogens is 1. The third kappa shape index (κ3) is 5.26. The summed E-state index contributed by atoms with van der Waals surface area (Å²) in [5, 5.41) is 2.98. The lowest BCUT2D eigenvalue weighted by Gasteiger charge is -2.18. The van der Waals surface area contributed by atoms with Crippen molar-refractivity contribution in [2.45, 2.75) is 26.3 Å². The van der Waals surface area contributed by atoms with Crippen LogP contribution in [-0.4, -0.2) is 49.1 Å². The maximum atomic E-state index is 11.4. The molecular weight excluding hydrogens is 280 g/mol. The lowest BCUT2D eigenvalue weighted by Crippen LogP contribution is -2.35. The van der Waals surface area contributed by atoms with Crippen LogP contribution in [0, 0.1) is 0 Å². The quantitative estimate of drug-likeness (QED) is 0.709. The van der Waals surface area contributed by atoms with Crippen molar-refractivity contribution in [3.05, 3.63) is 16.1 Å². The fraction of sp³-hybridized carbons (Fsp3) is 0.615. The van der Waals surface area contributed by atoms with E-state index >= 15 is 0 Å². The molecule has 1 aromatic rings. The number of hydrogen-bond acceptors (Lipinski definition) is 7. The van der Waals surface area contributed by atoms with E-state index in [1.54, 1.807) is 16.2 Å². The van der Waals surface area contributed by atoms with E-state index < -0.39 is 11.9 Å². The van der Waals surface area contributed by atoms with Crippen LogP contribution in [0.5, 0.6) is 0 Å². The van der Waals surface area contributed by atoms with Gasteiger partial charge >= 0.3 is 11.9 Å². The predicted octanol–water partition coefficient (Wildman–Crippen LogP) is 1.41. The Morgan fingerprint density at radius 3 is 2.20 bits per heavy atom. The summed E-state index contributed by atoms with van der Waals surface area (Å²) < 4.78 is 9.25. The summed E-state index contributed by atoms with van der Waals surface area (Å²) in [6, 6.07) is 0. The van der Waals surface area contributed by atoms with Crippen LogP contribution < -0.4 is 0 Å². The van der Waals surface area contributed by atoms with Gasteiger partial charge in [-0.25, -0.2) is 4.98 Å². The summed E-state index contributed by atoms with van der Waals surface area (Å²) in [4.78, 5) is 28.9. The molecule has 0 unspecified atom stereocenters. The largest absolute Gasteiger partial charge is 0.468 e. The highest BCUT2D eigenvalue weighted by molar-refractivity contribution is 7.09. The summed E-state index contributed by atoms with van der Waals surface area (Å²) in [5.41, 5.74) is 0.839. The van der Waals surface area contributed by atoms with Crippen LogP contribution in [0.3, 0.4) is 0 Å². The molecule has 0 fully saturated rings. The third-order valence-corrected chi connectivity index (χ3v) is 3.80. The van der Waals surface area contributed by atoms with E-state index in [2.05, 4.69) is 28.3 Å². The molecule has 0 atom stereocenters. The molecule has 0 aliphatic heterocycles. The molecule has 0 saturated carbocycles. The minimum Gasteiger partial charge on any atom is -0.468 e. The number of methoxy groups -OCH3 is 2. The van der Waals surface area contributed by atoms with Crippen molar-refractivity contribution in [1.82, 2.24) is 9.88 Å². The van der Waals surface area contributed by atoms with Gasteiger partial charge in [0.05, 0.1) is 38.0 Å². The van der Waals surface area contributed by atoms with Crippen LogP contribution in [0.4, 0.5) is 0 Å². The molecule has 7 heteroatoms. The van der Waals surface area contributed by atoms with Crippen LogP contribution in [-0.2, 0) is 25.6 Å². The maximum absolute atomic E-state index is 11.4. The number of rotatable bonds is 7. The Hall–Kier alpha value is -1.47. The van der Waals surface area contributed by atoms with Crippen molar-refractivity contribution in [1.29, 1.82) is 0 Å². The minimum atomic E-state index is -0.395. The Balaban J connectivity index is 2.71. The summed E-state index contributed by atoms with van der Waals surface area (Å²) in [5.74, 6) is -0.426. The summed E-state index contributed by atoms with van der Waals surface area (Å²) in [6.07, 6.45) is 0. The molecule has 0 spiro atoms. The SMILES string of the molecule is COC(=O)CN(CC(=O)OC)Cc1csc(C(C)C)n1. The highest BCUT2D eigenvalue weighted by Crippen LogP contribution is 2.20. The summed E-state index contributed by atoms with van der Waals surface area (Å²) in [6.45, 7) is 4.61. The van der Waals surface area contributed by atoms with E-state index in [4.69, 9.17) is 0 Å². The Morgan fingerprint density at radius 2 is 1.80 bits per heavy atom. The summed E-state index contributed by atoms with van der Waals surface area (Å²) >= 11 is 1.58. The second kappa shape index (κ2) is 7.96. The lowest BCUT2D eigenvalue weighted by molar-refractivity contribution is -0.145. The van der Waals surface area contributed by atoms with Gasteiger partial charge in [0, 0.05) is 17.8 Å². The van der Waals surface area contributed by atoms with Crippen LogP contribution in [0.15, 0.2) is 5.38 Å². The van der Waals surface area contributed by atoms with E-state index in [9.17, 15) is 9.59 Å². The minimum absolute atomic E-state index is 0.0279. The van der Waals surface area contributed by atoms with Crippen molar-refractivity contribution in [3.8, 4) is 0 Å². The van der Waals surface area contributed by atoms with Crippen molar-refractivity contribution < 1.29 is 19.1 Å². The second-order valence-corrected chi connectivity index (χ2v) is 5.52. The molecule has 0 radical (unpaired) electrons. The van der Waals surface area contributed by atoms with Gasteiger partial charge < -0.3 is 9.47 Å². The Labute approximate surface area is 122 Å². The monoisotopic (exact) mass is 300 g/mol. The van der Waals surface area contributed by atoms with Gasteiger partial charge in [0.1, 0.15) is 0 Å². The van der Waals surface area contributed by atoms with Gasteiger partial charge in [-0.2, -0.15) is 0 Å². The fourth-order valence-corrected chi connectivity index (χ4v) is 2.38. The average Bonchev–Trinajstić information content (AvgIpc) is 2.86. The number of hydrogen-bond donors (Lipinski definition) is 0. The van der Waals surface area contributed by atoms with E-state index in [0.717, 1.165) is 10.7 Å². The molecule has 0 aliphatic rings. The van der Waals surface area contributed by atoms with Gasteiger partial charge in [0.2, 0.25) is 0 Å². The average molecular weight is 300 g/mol. The van der Waals surface area contributed by atoms with Crippen molar-refractivity contribution >= 4 is 23.3 Å². The van der Waals surface area contributed by atoms with Crippen LogP contribution in [0.2, 0.25) is 0 Å². The van der Waals surface area contributed by atoms with Gasteiger partial charge in [-0.1, -0.05) is 13.8 Å². The number of carbonyl (C=O) groups excluding carboxylic acids is 2. The first-order valence-electron chi connectivity index (χ1n) is 6.26. The molecule has 20 heavy (non-hydrogen) atoms. The molecule has 1 heterocycles. The van der Waals surface area contributed by atoms with Crippen molar-refractivity contribution in [2.75, 3.05) is 27.3 Å². The second-order valence-electron chi connectivity index (χ2n) is 4.63. The topological polar surface area (TPSA) is 68.7 Å². The zero-order chi connectivity index (χ0) is 15.1. The summed E-state index contributed by atoms with van der Waals surface area (Å²) in [7, 11) is 2.64. The molecule has 0 aromatic carbocycles. The van der Waals surface area contributed by atoms with E-state index in [1.165, 1.54) is 14.2 Å².